The largest absolute Gasteiger partial charge is 0.452 e. The Morgan fingerprint density at radius 3 is 2.36 bits per heavy atom. The highest BCUT2D eigenvalue weighted by Crippen LogP contribution is 2.27. The monoisotopic (exact) mass is 486 g/mol. The minimum Gasteiger partial charge on any atom is -0.452 e. The molecule has 0 spiro atoms. The molecule has 2 aromatic rings. The van der Waals surface area contributed by atoms with Crippen LogP contribution in [0.2, 0.25) is 0 Å². The Bertz CT molecular complexity index is 951. The minimum atomic E-state index is -3.69. The summed E-state index contributed by atoms with van der Waals surface area (Å²) in [6.45, 7) is 1.11. The Morgan fingerprint density at radius 1 is 1.07 bits per heavy atom. The SMILES string of the molecule is O=C(OCC(=O)N1CCCCC1)c1ccc(NS(=O)(=O)c2ccc(Br)s2)cc1. The van der Waals surface area contributed by atoms with Gasteiger partial charge >= 0.3 is 5.97 Å². The Kier molecular flexibility index (Phi) is 6.73. The number of piperidine rings is 1. The second-order valence-corrected chi connectivity index (χ2v) is 10.6. The molecule has 0 saturated carbocycles. The van der Waals surface area contributed by atoms with E-state index < -0.39 is 16.0 Å². The molecule has 10 heteroatoms. The zero-order valence-electron chi connectivity index (χ0n) is 14.9. The van der Waals surface area contributed by atoms with Gasteiger partial charge in [0.05, 0.1) is 9.35 Å². The second kappa shape index (κ2) is 9.06. The van der Waals surface area contributed by atoms with Gasteiger partial charge in [-0.15, -0.1) is 11.3 Å². The first-order valence-corrected chi connectivity index (χ1v) is 11.8. The molecular formula is C18H19BrN2O5S2. The van der Waals surface area contributed by atoms with E-state index in [-0.39, 0.29) is 22.3 Å². The quantitative estimate of drug-likeness (QED) is 0.630. The molecule has 1 aliphatic heterocycles. The summed E-state index contributed by atoms with van der Waals surface area (Å²) in [5.74, 6) is -0.818. The van der Waals surface area contributed by atoms with Crippen LogP contribution in [0.4, 0.5) is 5.69 Å². The van der Waals surface area contributed by atoms with E-state index in [0.717, 1.165) is 30.6 Å². The van der Waals surface area contributed by atoms with Gasteiger partial charge in [0.1, 0.15) is 4.21 Å². The van der Waals surface area contributed by atoms with E-state index in [2.05, 4.69) is 20.7 Å². The van der Waals surface area contributed by atoms with Gasteiger partial charge in [-0.05, 0) is 71.6 Å². The summed E-state index contributed by atoms with van der Waals surface area (Å²) in [6, 6.07) is 9.02. The number of thiophene rings is 1. The van der Waals surface area contributed by atoms with Gasteiger partial charge in [-0.1, -0.05) is 0 Å². The van der Waals surface area contributed by atoms with Crippen LogP contribution in [0.3, 0.4) is 0 Å². The number of carbonyl (C=O) groups excluding carboxylic acids is 2. The van der Waals surface area contributed by atoms with Crippen molar-refractivity contribution >= 4 is 54.9 Å². The van der Waals surface area contributed by atoms with Gasteiger partial charge in [0.15, 0.2) is 6.61 Å². The number of hydrogen-bond donors (Lipinski definition) is 1. The molecule has 0 unspecified atom stereocenters. The first-order valence-electron chi connectivity index (χ1n) is 8.68. The summed E-state index contributed by atoms with van der Waals surface area (Å²) in [7, 11) is -3.69. The lowest BCUT2D eigenvalue weighted by atomic mass is 10.1. The smallest absolute Gasteiger partial charge is 0.338 e. The second-order valence-electron chi connectivity index (χ2n) is 6.26. The van der Waals surface area contributed by atoms with Crippen LogP contribution in [0, 0.1) is 0 Å². The van der Waals surface area contributed by atoms with E-state index in [4.69, 9.17) is 4.74 Å². The third kappa shape index (κ3) is 5.33. The number of carbonyl (C=O) groups is 2. The van der Waals surface area contributed by atoms with E-state index in [1.165, 1.54) is 30.3 Å². The number of anilines is 1. The van der Waals surface area contributed by atoms with Crippen molar-refractivity contribution in [1.82, 2.24) is 4.90 Å². The Labute approximate surface area is 175 Å². The lowest BCUT2D eigenvalue weighted by Gasteiger charge is -2.26. The highest BCUT2D eigenvalue weighted by atomic mass is 79.9. The van der Waals surface area contributed by atoms with Crippen molar-refractivity contribution < 1.29 is 22.7 Å². The number of hydrogen-bond acceptors (Lipinski definition) is 6. The minimum absolute atomic E-state index is 0.180. The molecule has 1 amide bonds. The van der Waals surface area contributed by atoms with Crippen LogP contribution in [0.25, 0.3) is 0 Å². The number of halogens is 1. The molecule has 0 aliphatic carbocycles. The van der Waals surface area contributed by atoms with Gasteiger partial charge in [-0.25, -0.2) is 13.2 Å². The fourth-order valence-electron chi connectivity index (χ4n) is 2.77. The predicted octanol–water partition coefficient (Wildman–Crippen LogP) is 3.48. The van der Waals surface area contributed by atoms with Crippen LogP contribution in [-0.4, -0.2) is 44.9 Å². The first-order chi connectivity index (χ1) is 13.3. The maximum atomic E-state index is 12.3. The van der Waals surface area contributed by atoms with E-state index in [9.17, 15) is 18.0 Å². The van der Waals surface area contributed by atoms with Crippen LogP contribution in [0.15, 0.2) is 44.4 Å². The molecule has 0 bridgehead atoms. The molecule has 3 rings (SSSR count). The van der Waals surface area contributed by atoms with E-state index in [1.807, 2.05) is 0 Å². The topological polar surface area (TPSA) is 92.8 Å². The zero-order chi connectivity index (χ0) is 20.1. The average molecular weight is 487 g/mol. The normalized spacial score (nSPS) is 14.5. The third-order valence-corrected chi connectivity index (χ3v) is 7.72. The van der Waals surface area contributed by atoms with Crippen molar-refractivity contribution in [3.8, 4) is 0 Å². The van der Waals surface area contributed by atoms with Crippen LogP contribution in [0.5, 0.6) is 0 Å². The zero-order valence-corrected chi connectivity index (χ0v) is 18.1. The number of sulfonamides is 1. The summed E-state index contributed by atoms with van der Waals surface area (Å²) in [5, 5.41) is 0. The number of amides is 1. The van der Waals surface area contributed by atoms with E-state index >= 15 is 0 Å². The summed E-state index contributed by atoms with van der Waals surface area (Å²) in [4.78, 5) is 25.9. The molecule has 0 radical (unpaired) electrons. The molecule has 0 atom stereocenters. The maximum absolute atomic E-state index is 12.3. The van der Waals surface area contributed by atoms with Crippen LogP contribution in [0.1, 0.15) is 29.6 Å². The highest BCUT2D eigenvalue weighted by Gasteiger charge is 2.19. The summed E-state index contributed by atoms with van der Waals surface area (Å²) < 4.78 is 33.0. The van der Waals surface area contributed by atoms with Crippen molar-refractivity contribution in [2.75, 3.05) is 24.4 Å². The average Bonchev–Trinajstić information content (AvgIpc) is 3.14. The lowest BCUT2D eigenvalue weighted by molar-refractivity contribution is -0.135. The van der Waals surface area contributed by atoms with Crippen molar-refractivity contribution in [1.29, 1.82) is 0 Å². The number of benzene rings is 1. The molecule has 2 heterocycles. The van der Waals surface area contributed by atoms with Crippen LogP contribution < -0.4 is 4.72 Å². The van der Waals surface area contributed by atoms with Gasteiger partial charge in [0.25, 0.3) is 15.9 Å². The van der Waals surface area contributed by atoms with Gasteiger partial charge in [-0.3, -0.25) is 9.52 Å². The molecule has 1 aromatic heterocycles. The van der Waals surface area contributed by atoms with Gasteiger partial charge in [-0.2, -0.15) is 0 Å². The highest BCUT2D eigenvalue weighted by molar-refractivity contribution is 9.11. The van der Waals surface area contributed by atoms with Crippen molar-refractivity contribution in [3.05, 3.63) is 45.7 Å². The summed E-state index contributed by atoms with van der Waals surface area (Å²) in [5.41, 5.74) is 0.568. The fourth-order valence-corrected chi connectivity index (χ4v) is 5.84. The molecule has 1 saturated heterocycles. The lowest BCUT2D eigenvalue weighted by Crippen LogP contribution is -2.38. The van der Waals surface area contributed by atoms with Crippen LogP contribution >= 0.6 is 27.3 Å². The number of likely N-dealkylation sites (tertiary alicyclic amines) is 1. The van der Waals surface area contributed by atoms with Gasteiger partial charge in [0.2, 0.25) is 0 Å². The third-order valence-electron chi connectivity index (χ3n) is 4.22. The van der Waals surface area contributed by atoms with Crippen molar-refractivity contribution in [2.24, 2.45) is 0 Å². The van der Waals surface area contributed by atoms with Crippen LogP contribution in [-0.2, 0) is 19.6 Å². The molecule has 7 nitrogen and oxygen atoms in total. The summed E-state index contributed by atoms with van der Waals surface area (Å²) in [6.07, 6.45) is 3.06. The molecule has 150 valence electrons. The van der Waals surface area contributed by atoms with E-state index in [1.54, 1.807) is 11.0 Å². The van der Waals surface area contributed by atoms with E-state index in [0.29, 0.717) is 22.6 Å². The van der Waals surface area contributed by atoms with Crippen molar-refractivity contribution in [3.63, 3.8) is 0 Å². The number of ether oxygens (including phenoxy) is 1. The van der Waals surface area contributed by atoms with Gasteiger partial charge < -0.3 is 9.64 Å². The number of rotatable bonds is 6. The molecular weight excluding hydrogens is 468 g/mol. The molecule has 1 N–H and O–H groups in total. The molecule has 1 aliphatic rings. The Hall–Kier alpha value is -1.91. The number of esters is 1. The predicted molar refractivity (Wildman–Crippen MR) is 110 cm³/mol. The maximum Gasteiger partial charge on any atom is 0.338 e. The summed E-state index contributed by atoms with van der Waals surface area (Å²) >= 11 is 4.33. The standard InChI is InChI=1S/C18H19BrN2O5S2/c19-15-8-9-17(27-15)28(24,25)20-14-6-4-13(5-7-14)18(23)26-12-16(22)21-10-2-1-3-11-21/h4-9,20H,1-3,10-12H2. The van der Waals surface area contributed by atoms with Crippen molar-refractivity contribution in [2.45, 2.75) is 23.5 Å². The molecule has 1 aromatic carbocycles. The number of nitrogens with one attached hydrogen (secondary N) is 1. The molecule has 1 fully saturated rings. The number of nitrogens with zero attached hydrogens (tertiary/aromatic N) is 1. The Morgan fingerprint density at radius 2 is 1.75 bits per heavy atom. The van der Waals surface area contributed by atoms with Gasteiger partial charge in [0, 0.05) is 18.8 Å². The fraction of sp³-hybridized carbons (Fsp3) is 0.333. The molecule has 28 heavy (non-hydrogen) atoms. The first kappa shape index (κ1) is 20.8. The Balaban J connectivity index is 1.56.